The third-order valence-corrected chi connectivity index (χ3v) is 5.54. The van der Waals surface area contributed by atoms with Crippen molar-refractivity contribution in [2.45, 2.75) is 19.4 Å². The summed E-state index contributed by atoms with van der Waals surface area (Å²) in [5.41, 5.74) is 1.94. The van der Waals surface area contributed by atoms with Gasteiger partial charge in [-0.15, -0.1) is 0 Å². The van der Waals surface area contributed by atoms with Crippen molar-refractivity contribution in [1.29, 1.82) is 0 Å². The summed E-state index contributed by atoms with van der Waals surface area (Å²) in [7, 11) is 0. The summed E-state index contributed by atoms with van der Waals surface area (Å²) >= 11 is 7.96. The lowest BCUT2D eigenvalue weighted by molar-refractivity contribution is -0.145. The molecule has 2 rings (SSSR count). The number of carboxylic acid groups (broad SMARTS) is 1. The maximum absolute atomic E-state index is 12.7. The van der Waals surface area contributed by atoms with Crippen molar-refractivity contribution in [2.75, 3.05) is 12.0 Å². The topological polar surface area (TPSA) is 57.6 Å². The number of thiocarbonyl (C=S) groups is 1. The molecule has 7 heteroatoms. The molecule has 0 spiro atoms. The number of benzene rings is 1. The smallest absolute Gasteiger partial charge is 0.326 e. The number of amides is 1. The lowest BCUT2D eigenvalue weighted by Gasteiger charge is -2.22. The highest BCUT2D eigenvalue weighted by atomic mass is 32.2. The second-order valence-electron chi connectivity index (χ2n) is 5.49. The van der Waals surface area contributed by atoms with Crippen molar-refractivity contribution in [1.82, 2.24) is 4.90 Å². The SMILES string of the molecule is CSCCC(C(=O)O)N1C(=O)/C(=C/C(C)=C/c2ccccc2)SC1=S. The minimum absolute atomic E-state index is 0.303. The van der Waals surface area contributed by atoms with Crippen molar-refractivity contribution in [3.8, 4) is 0 Å². The Morgan fingerprint density at radius 2 is 2.08 bits per heavy atom. The zero-order valence-corrected chi connectivity index (χ0v) is 16.4. The van der Waals surface area contributed by atoms with E-state index in [-0.39, 0.29) is 5.91 Å². The first-order valence-corrected chi connectivity index (χ1v) is 10.3. The number of hydrogen-bond donors (Lipinski definition) is 1. The molecular weight excluding hydrogens is 374 g/mol. The van der Waals surface area contributed by atoms with Gasteiger partial charge in [-0.1, -0.05) is 60.4 Å². The number of nitrogens with zero attached hydrogens (tertiary/aromatic N) is 1. The monoisotopic (exact) mass is 393 g/mol. The van der Waals surface area contributed by atoms with E-state index in [1.807, 2.05) is 49.6 Å². The fourth-order valence-corrected chi connectivity index (χ4v) is 4.27. The molecule has 0 radical (unpaired) electrons. The average molecular weight is 394 g/mol. The summed E-state index contributed by atoms with van der Waals surface area (Å²) < 4.78 is 0.303. The Morgan fingerprint density at radius 3 is 2.68 bits per heavy atom. The van der Waals surface area contributed by atoms with E-state index >= 15 is 0 Å². The summed E-state index contributed by atoms with van der Waals surface area (Å²) in [6, 6.07) is 8.88. The molecule has 1 aliphatic rings. The van der Waals surface area contributed by atoms with Gasteiger partial charge >= 0.3 is 5.97 Å². The van der Waals surface area contributed by atoms with Crippen molar-refractivity contribution < 1.29 is 14.7 Å². The molecular formula is C18H19NO3S3. The molecule has 0 aliphatic carbocycles. The molecule has 1 atom stereocenters. The Morgan fingerprint density at radius 1 is 1.40 bits per heavy atom. The van der Waals surface area contributed by atoms with Crippen LogP contribution in [-0.2, 0) is 9.59 Å². The minimum atomic E-state index is -1.02. The van der Waals surface area contributed by atoms with Gasteiger partial charge in [0.15, 0.2) is 0 Å². The van der Waals surface area contributed by atoms with E-state index in [1.54, 1.807) is 17.8 Å². The molecule has 1 fully saturated rings. The van der Waals surface area contributed by atoms with Gasteiger partial charge in [0.2, 0.25) is 0 Å². The van der Waals surface area contributed by atoms with Crippen LogP contribution in [0.5, 0.6) is 0 Å². The van der Waals surface area contributed by atoms with E-state index in [1.165, 1.54) is 4.90 Å². The van der Waals surface area contributed by atoms with Crippen LogP contribution in [0.25, 0.3) is 6.08 Å². The molecule has 1 saturated heterocycles. The van der Waals surface area contributed by atoms with Gasteiger partial charge in [0.05, 0.1) is 4.91 Å². The van der Waals surface area contributed by atoms with Crippen LogP contribution in [-0.4, -0.2) is 44.3 Å². The number of aliphatic carboxylic acids is 1. The normalized spacial score (nSPS) is 18.1. The van der Waals surface area contributed by atoms with Crippen molar-refractivity contribution in [3.05, 3.63) is 52.4 Å². The van der Waals surface area contributed by atoms with Crippen molar-refractivity contribution in [2.24, 2.45) is 0 Å². The number of hydrogen-bond acceptors (Lipinski definition) is 5. The van der Waals surface area contributed by atoms with Gasteiger partial charge in [-0.05, 0) is 42.6 Å². The van der Waals surface area contributed by atoms with Crippen LogP contribution >= 0.6 is 35.7 Å². The van der Waals surface area contributed by atoms with Gasteiger partial charge in [-0.3, -0.25) is 9.69 Å². The maximum atomic E-state index is 12.7. The fraction of sp³-hybridized carbons (Fsp3) is 0.278. The van der Waals surface area contributed by atoms with E-state index in [9.17, 15) is 14.7 Å². The second kappa shape index (κ2) is 9.22. The number of carboxylic acids is 1. The summed E-state index contributed by atoms with van der Waals surface area (Å²) in [6.07, 6.45) is 6.00. The highest BCUT2D eigenvalue weighted by Crippen LogP contribution is 2.34. The van der Waals surface area contributed by atoms with E-state index in [0.717, 1.165) is 22.9 Å². The lowest BCUT2D eigenvalue weighted by atomic mass is 10.1. The Balaban J connectivity index is 2.22. The largest absolute Gasteiger partial charge is 0.480 e. The molecule has 1 aromatic carbocycles. The summed E-state index contributed by atoms with van der Waals surface area (Å²) in [4.78, 5) is 25.9. The van der Waals surface area contributed by atoms with Crippen LogP contribution in [0.4, 0.5) is 0 Å². The average Bonchev–Trinajstić information content (AvgIpc) is 2.83. The molecule has 1 unspecified atom stereocenters. The van der Waals surface area contributed by atoms with Gasteiger partial charge in [0, 0.05) is 0 Å². The third-order valence-electron chi connectivity index (χ3n) is 3.57. The van der Waals surface area contributed by atoms with E-state index in [2.05, 4.69) is 0 Å². The van der Waals surface area contributed by atoms with Crippen molar-refractivity contribution in [3.63, 3.8) is 0 Å². The van der Waals surface area contributed by atoms with Crippen LogP contribution < -0.4 is 0 Å². The standard InChI is InChI=1S/C18H19NO3S3/c1-12(10-13-6-4-3-5-7-13)11-15-16(20)19(18(23)25-15)14(17(21)22)8-9-24-2/h3-7,10-11,14H,8-9H2,1-2H3,(H,21,22)/b12-10+,15-11-. The molecule has 0 saturated carbocycles. The Hall–Kier alpha value is -1.57. The van der Waals surface area contributed by atoms with E-state index < -0.39 is 12.0 Å². The van der Waals surface area contributed by atoms with Crippen LogP contribution in [0.15, 0.2) is 46.9 Å². The van der Waals surface area contributed by atoms with Gasteiger partial charge in [0.25, 0.3) is 5.91 Å². The van der Waals surface area contributed by atoms with Crippen LogP contribution in [0.1, 0.15) is 18.9 Å². The molecule has 0 aromatic heterocycles. The Bertz CT molecular complexity index is 728. The molecule has 4 nitrogen and oxygen atoms in total. The van der Waals surface area contributed by atoms with Crippen LogP contribution in [0, 0.1) is 0 Å². The molecule has 1 heterocycles. The molecule has 132 valence electrons. The van der Waals surface area contributed by atoms with Crippen LogP contribution in [0.3, 0.4) is 0 Å². The Labute approximate surface area is 161 Å². The highest BCUT2D eigenvalue weighted by molar-refractivity contribution is 8.26. The molecule has 1 aromatic rings. The minimum Gasteiger partial charge on any atom is -0.480 e. The number of thioether (sulfide) groups is 2. The summed E-state index contributed by atoms with van der Waals surface area (Å²) in [5.74, 6) is -0.701. The van der Waals surface area contributed by atoms with Gasteiger partial charge < -0.3 is 5.11 Å². The Kier molecular flexibility index (Phi) is 7.28. The lowest BCUT2D eigenvalue weighted by Crippen LogP contribution is -2.44. The van der Waals surface area contributed by atoms with E-state index in [0.29, 0.717) is 21.4 Å². The molecule has 1 N–H and O–H groups in total. The highest BCUT2D eigenvalue weighted by Gasteiger charge is 2.40. The number of allylic oxidation sites excluding steroid dienone is 2. The fourth-order valence-electron chi connectivity index (χ4n) is 2.40. The number of carbonyl (C=O) groups excluding carboxylic acids is 1. The van der Waals surface area contributed by atoms with Gasteiger partial charge in [-0.25, -0.2) is 4.79 Å². The van der Waals surface area contributed by atoms with E-state index in [4.69, 9.17) is 12.2 Å². The first-order chi connectivity index (χ1) is 11.9. The summed E-state index contributed by atoms with van der Waals surface area (Å²) in [5, 5.41) is 9.46. The number of carbonyl (C=O) groups is 2. The first kappa shape index (κ1) is 19.8. The summed E-state index contributed by atoms with van der Waals surface area (Å²) in [6.45, 7) is 1.90. The van der Waals surface area contributed by atoms with Gasteiger partial charge in [-0.2, -0.15) is 11.8 Å². The third kappa shape index (κ3) is 5.20. The van der Waals surface area contributed by atoms with Gasteiger partial charge in [0.1, 0.15) is 10.4 Å². The zero-order valence-electron chi connectivity index (χ0n) is 14.0. The maximum Gasteiger partial charge on any atom is 0.326 e. The first-order valence-electron chi connectivity index (χ1n) is 7.66. The quantitative estimate of drug-likeness (QED) is 0.557. The molecule has 1 aliphatic heterocycles. The number of rotatable bonds is 7. The zero-order chi connectivity index (χ0) is 18.4. The predicted octanol–water partition coefficient (Wildman–Crippen LogP) is 4.04. The molecule has 25 heavy (non-hydrogen) atoms. The van der Waals surface area contributed by atoms with Crippen LogP contribution in [0.2, 0.25) is 0 Å². The molecule has 1 amide bonds. The second-order valence-corrected chi connectivity index (χ2v) is 8.15. The predicted molar refractivity (Wildman–Crippen MR) is 110 cm³/mol. The molecule has 0 bridgehead atoms. The van der Waals surface area contributed by atoms with Crippen molar-refractivity contribution >= 4 is 58.0 Å².